The minimum atomic E-state index is -0.632. The molecule has 30 heavy (non-hydrogen) atoms. The van der Waals surface area contributed by atoms with Gasteiger partial charge < -0.3 is 14.5 Å². The topological polar surface area (TPSA) is 49.9 Å². The largest absolute Gasteiger partial charge is 0.497 e. The van der Waals surface area contributed by atoms with Crippen molar-refractivity contribution in [2.24, 2.45) is 0 Å². The molecule has 0 radical (unpaired) electrons. The molecule has 1 atom stereocenters. The number of hydrogen-bond acceptors (Lipinski definition) is 3. The zero-order valence-electron chi connectivity index (χ0n) is 17.2. The van der Waals surface area contributed by atoms with Gasteiger partial charge in [0.25, 0.3) is 5.91 Å². The molecule has 158 valence electrons. The summed E-state index contributed by atoms with van der Waals surface area (Å²) in [5.74, 6) is 0.755. The van der Waals surface area contributed by atoms with Crippen LogP contribution in [-0.2, 0) is 16.1 Å². The molecule has 2 amide bonds. The van der Waals surface area contributed by atoms with Crippen LogP contribution in [-0.4, -0.2) is 41.3 Å². The fraction of sp³-hybridized carbons (Fsp3) is 0.417. The predicted octanol–water partition coefficient (Wildman–Crippen LogP) is 4.59. The van der Waals surface area contributed by atoms with Crippen molar-refractivity contribution in [1.82, 2.24) is 9.80 Å². The van der Waals surface area contributed by atoms with Crippen molar-refractivity contribution in [2.75, 3.05) is 13.7 Å². The molecule has 1 saturated carbocycles. The van der Waals surface area contributed by atoms with Gasteiger partial charge in [-0.3, -0.25) is 9.59 Å². The molecular formula is C24H27ClN2O3. The van der Waals surface area contributed by atoms with Crippen LogP contribution in [0.4, 0.5) is 0 Å². The van der Waals surface area contributed by atoms with Crippen LogP contribution >= 0.6 is 11.6 Å². The molecule has 0 spiro atoms. The average molecular weight is 427 g/mol. The highest BCUT2D eigenvalue weighted by Crippen LogP contribution is 2.34. The molecule has 1 aliphatic heterocycles. The fourth-order valence-electron chi connectivity index (χ4n) is 4.53. The lowest BCUT2D eigenvalue weighted by Gasteiger charge is -2.44. The zero-order valence-corrected chi connectivity index (χ0v) is 18.0. The fourth-order valence-corrected chi connectivity index (χ4v) is 4.65. The van der Waals surface area contributed by atoms with Gasteiger partial charge >= 0.3 is 0 Å². The van der Waals surface area contributed by atoms with Gasteiger partial charge in [0.05, 0.1) is 7.11 Å². The third kappa shape index (κ3) is 4.31. The van der Waals surface area contributed by atoms with Gasteiger partial charge in [-0.25, -0.2) is 0 Å². The number of amides is 2. The second-order valence-electron chi connectivity index (χ2n) is 8.08. The summed E-state index contributed by atoms with van der Waals surface area (Å²) in [6.45, 7) is 0.532. The van der Waals surface area contributed by atoms with Crippen molar-refractivity contribution in [1.29, 1.82) is 0 Å². The van der Waals surface area contributed by atoms with E-state index in [0.717, 1.165) is 42.6 Å². The number of carbonyl (C=O) groups excluding carboxylic acids is 2. The summed E-state index contributed by atoms with van der Waals surface area (Å²) < 4.78 is 5.23. The highest BCUT2D eigenvalue weighted by molar-refractivity contribution is 6.30. The highest BCUT2D eigenvalue weighted by atomic mass is 35.5. The van der Waals surface area contributed by atoms with Crippen LogP contribution in [0, 0.1) is 0 Å². The van der Waals surface area contributed by atoms with Crippen molar-refractivity contribution in [3.63, 3.8) is 0 Å². The molecule has 2 fully saturated rings. The molecule has 4 rings (SSSR count). The summed E-state index contributed by atoms with van der Waals surface area (Å²) in [7, 11) is 1.62. The second kappa shape index (κ2) is 9.09. The SMILES string of the molecule is COc1ccc(CN2C(=O)CN(C3CCCCC3)C(=O)C2c2ccc(Cl)cc2)cc1. The van der Waals surface area contributed by atoms with Crippen molar-refractivity contribution in [3.8, 4) is 5.75 Å². The number of ether oxygens (including phenoxy) is 1. The number of benzene rings is 2. The first-order valence-electron chi connectivity index (χ1n) is 10.5. The summed E-state index contributed by atoms with van der Waals surface area (Å²) in [5.41, 5.74) is 1.76. The lowest BCUT2D eigenvalue weighted by atomic mass is 9.91. The maximum Gasteiger partial charge on any atom is 0.250 e. The van der Waals surface area contributed by atoms with E-state index in [1.165, 1.54) is 6.42 Å². The minimum Gasteiger partial charge on any atom is -0.497 e. The molecule has 0 bridgehead atoms. The standard InChI is InChI=1S/C24H27ClN2O3/c1-30-21-13-7-17(8-14-21)15-27-22(28)16-26(20-5-3-2-4-6-20)24(29)23(27)18-9-11-19(25)12-10-18/h7-14,20,23H,2-6,15-16H2,1H3. The number of methoxy groups -OCH3 is 1. The number of piperazine rings is 1. The van der Waals surface area contributed by atoms with Gasteiger partial charge in [0.2, 0.25) is 5.91 Å². The smallest absolute Gasteiger partial charge is 0.250 e. The maximum atomic E-state index is 13.6. The van der Waals surface area contributed by atoms with Gasteiger partial charge in [-0.1, -0.05) is 55.1 Å². The van der Waals surface area contributed by atoms with Crippen LogP contribution < -0.4 is 4.74 Å². The van der Waals surface area contributed by atoms with Gasteiger partial charge in [-0.15, -0.1) is 0 Å². The van der Waals surface area contributed by atoms with Gasteiger partial charge in [-0.05, 0) is 48.2 Å². The Hall–Kier alpha value is -2.53. The summed E-state index contributed by atoms with van der Waals surface area (Å²) >= 11 is 6.07. The Labute approximate surface area is 182 Å². The van der Waals surface area contributed by atoms with E-state index in [4.69, 9.17) is 16.3 Å². The van der Waals surface area contributed by atoms with Crippen LogP contribution in [0.5, 0.6) is 5.75 Å². The third-order valence-electron chi connectivity index (χ3n) is 6.17. The first-order chi connectivity index (χ1) is 14.6. The normalized spacial score (nSPS) is 20.5. The van der Waals surface area contributed by atoms with Crippen molar-refractivity contribution < 1.29 is 14.3 Å². The molecular weight excluding hydrogens is 400 g/mol. The van der Waals surface area contributed by atoms with Gasteiger partial charge in [-0.2, -0.15) is 0 Å². The van der Waals surface area contributed by atoms with E-state index in [1.54, 1.807) is 24.1 Å². The van der Waals surface area contributed by atoms with Crippen molar-refractivity contribution >= 4 is 23.4 Å². The lowest BCUT2D eigenvalue weighted by molar-refractivity contribution is -0.160. The molecule has 1 heterocycles. The number of hydrogen-bond donors (Lipinski definition) is 0. The van der Waals surface area contributed by atoms with Crippen LogP contribution in [0.2, 0.25) is 5.02 Å². The quantitative estimate of drug-likeness (QED) is 0.702. The Morgan fingerprint density at radius 1 is 0.967 bits per heavy atom. The number of halogens is 1. The molecule has 0 N–H and O–H groups in total. The molecule has 6 heteroatoms. The Balaban J connectivity index is 1.65. The maximum absolute atomic E-state index is 13.6. The first-order valence-corrected chi connectivity index (χ1v) is 10.9. The predicted molar refractivity (Wildman–Crippen MR) is 116 cm³/mol. The third-order valence-corrected chi connectivity index (χ3v) is 6.42. The lowest BCUT2D eigenvalue weighted by Crippen LogP contribution is -2.58. The molecule has 2 aromatic carbocycles. The van der Waals surface area contributed by atoms with E-state index in [1.807, 2.05) is 41.3 Å². The zero-order chi connectivity index (χ0) is 21.1. The van der Waals surface area contributed by atoms with Crippen LogP contribution in [0.25, 0.3) is 0 Å². The van der Waals surface area contributed by atoms with Gasteiger partial charge in [0.15, 0.2) is 0 Å². The summed E-state index contributed by atoms with van der Waals surface area (Å²) in [6.07, 6.45) is 5.39. The van der Waals surface area contributed by atoms with Crippen molar-refractivity contribution in [3.05, 3.63) is 64.7 Å². The highest BCUT2D eigenvalue weighted by Gasteiger charge is 2.42. The summed E-state index contributed by atoms with van der Waals surface area (Å²) in [6, 6.07) is 14.4. The molecule has 5 nitrogen and oxygen atoms in total. The minimum absolute atomic E-state index is 0.0114. The molecule has 2 aromatic rings. The molecule has 1 aliphatic carbocycles. The average Bonchev–Trinajstić information content (AvgIpc) is 2.78. The van der Waals surface area contributed by atoms with E-state index < -0.39 is 6.04 Å². The first kappa shape index (κ1) is 20.7. The number of carbonyl (C=O) groups is 2. The summed E-state index contributed by atoms with van der Waals surface area (Å²) in [4.78, 5) is 30.4. The molecule has 1 unspecified atom stereocenters. The van der Waals surface area contributed by atoms with Crippen molar-refractivity contribution in [2.45, 2.75) is 50.7 Å². The monoisotopic (exact) mass is 426 g/mol. The molecule has 1 saturated heterocycles. The molecule has 0 aromatic heterocycles. The Morgan fingerprint density at radius 2 is 1.63 bits per heavy atom. The van der Waals surface area contributed by atoms with Crippen LogP contribution in [0.15, 0.2) is 48.5 Å². The van der Waals surface area contributed by atoms with Gasteiger partial charge in [0, 0.05) is 17.6 Å². The van der Waals surface area contributed by atoms with E-state index in [9.17, 15) is 9.59 Å². The van der Waals surface area contributed by atoms with Crippen LogP contribution in [0.3, 0.4) is 0 Å². The Kier molecular flexibility index (Phi) is 6.28. The van der Waals surface area contributed by atoms with E-state index in [-0.39, 0.29) is 24.4 Å². The number of rotatable bonds is 5. The number of nitrogens with zero attached hydrogens (tertiary/aromatic N) is 2. The second-order valence-corrected chi connectivity index (χ2v) is 8.52. The van der Waals surface area contributed by atoms with Crippen LogP contribution in [0.1, 0.15) is 49.3 Å². The summed E-state index contributed by atoms with van der Waals surface area (Å²) in [5, 5.41) is 0.610. The Morgan fingerprint density at radius 3 is 2.27 bits per heavy atom. The van der Waals surface area contributed by atoms with E-state index in [0.29, 0.717) is 11.6 Å². The molecule has 2 aliphatic rings. The Bertz CT molecular complexity index is 892. The van der Waals surface area contributed by atoms with Gasteiger partial charge in [0.1, 0.15) is 18.3 Å². The van der Waals surface area contributed by atoms with E-state index in [2.05, 4.69) is 0 Å². The van der Waals surface area contributed by atoms with E-state index >= 15 is 0 Å².